The third kappa shape index (κ3) is 3.69. The number of halogens is 1. The molecule has 5 nitrogen and oxygen atoms in total. The monoisotopic (exact) mass is 374 g/mol. The Labute approximate surface area is 158 Å². The number of aromatic nitrogens is 2. The van der Waals surface area contributed by atoms with Gasteiger partial charge < -0.3 is 9.47 Å². The standard InChI is InChI=1S/C20H23ClN2O3/c1-13(2)23-19(6-8-22-23)16-7-9-25-11-15(16)12-26-20-5-4-18(21)14(3)17(20)10-24/h4-6,8,10,13H,7,9,11-12H2,1-3H3. The molecule has 0 N–H and O–H groups in total. The quantitative estimate of drug-likeness (QED) is 0.699. The summed E-state index contributed by atoms with van der Waals surface area (Å²) in [5, 5.41) is 4.99. The molecule has 0 unspecified atom stereocenters. The van der Waals surface area contributed by atoms with Crippen LogP contribution < -0.4 is 4.74 Å². The first-order valence-corrected chi connectivity index (χ1v) is 9.10. The second-order valence-corrected chi connectivity index (χ2v) is 7.04. The Morgan fingerprint density at radius 2 is 2.19 bits per heavy atom. The number of hydrogen-bond donors (Lipinski definition) is 0. The summed E-state index contributed by atoms with van der Waals surface area (Å²) < 4.78 is 13.6. The fourth-order valence-electron chi connectivity index (χ4n) is 3.15. The molecule has 0 spiro atoms. The molecule has 1 aromatic heterocycles. The van der Waals surface area contributed by atoms with E-state index < -0.39 is 0 Å². The van der Waals surface area contributed by atoms with Crippen molar-refractivity contribution in [3.8, 4) is 5.75 Å². The van der Waals surface area contributed by atoms with Gasteiger partial charge in [0, 0.05) is 17.3 Å². The lowest BCUT2D eigenvalue weighted by molar-refractivity contribution is 0.111. The second-order valence-electron chi connectivity index (χ2n) is 6.63. The van der Waals surface area contributed by atoms with Gasteiger partial charge >= 0.3 is 0 Å². The van der Waals surface area contributed by atoms with E-state index in [-0.39, 0.29) is 6.04 Å². The van der Waals surface area contributed by atoms with Crippen LogP contribution in [0.25, 0.3) is 5.57 Å². The summed E-state index contributed by atoms with van der Waals surface area (Å²) >= 11 is 6.10. The molecule has 2 heterocycles. The van der Waals surface area contributed by atoms with Crippen LogP contribution in [0.4, 0.5) is 0 Å². The first-order chi connectivity index (χ1) is 12.5. The summed E-state index contributed by atoms with van der Waals surface area (Å²) in [5.74, 6) is 0.539. The highest BCUT2D eigenvalue weighted by Gasteiger charge is 2.20. The van der Waals surface area contributed by atoms with Crippen molar-refractivity contribution in [3.05, 3.63) is 51.8 Å². The molecular weight excluding hydrogens is 352 g/mol. The van der Waals surface area contributed by atoms with E-state index in [1.807, 2.05) is 23.9 Å². The summed E-state index contributed by atoms with van der Waals surface area (Å²) in [4.78, 5) is 11.4. The maximum atomic E-state index is 11.4. The van der Waals surface area contributed by atoms with Crippen LogP contribution in [0.3, 0.4) is 0 Å². The summed E-state index contributed by atoms with van der Waals surface area (Å²) in [6.45, 7) is 7.59. The van der Waals surface area contributed by atoms with Gasteiger partial charge in [-0.3, -0.25) is 9.48 Å². The largest absolute Gasteiger partial charge is 0.488 e. The number of hydrogen-bond acceptors (Lipinski definition) is 4. The minimum absolute atomic E-state index is 0.276. The van der Waals surface area contributed by atoms with E-state index in [1.54, 1.807) is 12.1 Å². The van der Waals surface area contributed by atoms with Crippen LogP contribution in [0.2, 0.25) is 5.02 Å². The van der Waals surface area contributed by atoms with Gasteiger partial charge in [-0.15, -0.1) is 0 Å². The second kappa shape index (κ2) is 8.06. The zero-order valence-corrected chi connectivity index (χ0v) is 16.0. The van der Waals surface area contributed by atoms with Crippen LogP contribution in [0.5, 0.6) is 5.75 Å². The van der Waals surface area contributed by atoms with Crippen molar-refractivity contribution in [1.82, 2.24) is 9.78 Å². The molecule has 0 aliphatic carbocycles. The minimum atomic E-state index is 0.276. The molecule has 0 radical (unpaired) electrons. The highest BCUT2D eigenvalue weighted by atomic mass is 35.5. The predicted octanol–water partition coefficient (Wildman–Crippen LogP) is 4.49. The SMILES string of the molecule is Cc1c(Cl)ccc(OCC2=C(c3ccnn3C(C)C)CCOC2)c1C=O. The topological polar surface area (TPSA) is 53.4 Å². The molecule has 1 aliphatic heterocycles. The van der Waals surface area contributed by atoms with Crippen LogP contribution >= 0.6 is 11.6 Å². The van der Waals surface area contributed by atoms with Crippen molar-refractivity contribution in [2.75, 3.05) is 19.8 Å². The number of carbonyl (C=O) groups excluding carboxylic acids is 1. The van der Waals surface area contributed by atoms with Gasteiger partial charge in [0.1, 0.15) is 12.4 Å². The molecule has 0 atom stereocenters. The van der Waals surface area contributed by atoms with E-state index in [9.17, 15) is 4.79 Å². The summed E-state index contributed by atoms with van der Waals surface area (Å²) in [6, 6.07) is 5.79. The minimum Gasteiger partial charge on any atom is -0.488 e. The predicted molar refractivity (Wildman–Crippen MR) is 102 cm³/mol. The van der Waals surface area contributed by atoms with Gasteiger partial charge in [0.25, 0.3) is 0 Å². The van der Waals surface area contributed by atoms with Gasteiger partial charge in [0.05, 0.1) is 24.5 Å². The maximum absolute atomic E-state index is 11.4. The van der Waals surface area contributed by atoms with E-state index in [4.69, 9.17) is 21.1 Å². The van der Waals surface area contributed by atoms with Gasteiger partial charge in [0.15, 0.2) is 6.29 Å². The molecule has 0 fully saturated rings. The number of nitrogens with zero attached hydrogens (tertiary/aromatic N) is 2. The molecular formula is C20H23ClN2O3. The van der Waals surface area contributed by atoms with E-state index in [1.165, 1.54) is 5.57 Å². The lowest BCUT2D eigenvalue weighted by atomic mass is 10.0. The van der Waals surface area contributed by atoms with Crippen LogP contribution in [-0.4, -0.2) is 35.9 Å². The molecule has 26 heavy (non-hydrogen) atoms. The van der Waals surface area contributed by atoms with Gasteiger partial charge in [-0.05, 0) is 62.1 Å². The van der Waals surface area contributed by atoms with Gasteiger partial charge in [0.2, 0.25) is 0 Å². The zero-order chi connectivity index (χ0) is 18.7. The molecule has 138 valence electrons. The normalized spacial score (nSPS) is 14.8. The third-order valence-corrected chi connectivity index (χ3v) is 5.01. The molecule has 2 aromatic rings. The highest BCUT2D eigenvalue weighted by molar-refractivity contribution is 6.31. The van der Waals surface area contributed by atoms with Gasteiger partial charge in [-0.2, -0.15) is 5.10 Å². The number of rotatable bonds is 6. The molecule has 0 saturated carbocycles. The van der Waals surface area contributed by atoms with Crippen LogP contribution in [0.15, 0.2) is 30.0 Å². The molecule has 3 rings (SSSR count). The first-order valence-electron chi connectivity index (χ1n) is 8.72. The molecule has 1 aromatic carbocycles. The molecule has 6 heteroatoms. The molecule has 0 saturated heterocycles. The first kappa shape index (κ1) is 18.7. The van der Waals surface area contributed by atoms with Crippen molar-refractivity contribution in [2.24, 2.45) is 0 Å². The third-order valence-electron chi connectivity index (χ3n) is 4.60. The Kier molecular flexibility index (Phi) is 5.79. The van der Waals surface area contributed by atoms with Crippen molar-refractivity contribution in [3.63, 3.8) is 0 Å². The van der Waals surface area contributed by atoms with Crippen molar-refractivity contribution in [1.29, 1.82) is 0 Å². The number of carbonyl (C=O) groups is 1. The average molecular weight is 375 g/mol. The van der Waals surface area contributed by atoms with Crippen molar-refractivity contribution >= 4 is 23.5 Å². The van der Waals surface area contributed by atoms with Crippen molar-refractivity contribution in [2.45, 2.75) is 33.2 Å². The summed E-state index contributed by atoms with van der Waals surface area (Å²) in [7, 11) is 0. The van der Waals surface area contributed by atoms with Crippen LogP contribution in [0, 0.1) is 6.92 Å². The Balaban J connectivity index is 1.90. The average Bonchev–Trinajstić information content (AvgIpc) is 3.13. The molecule has 0 amide bonds. The van der Waals surface area contributed by atoms with Crippen molar-refractivity contribution < 1.29 is 14.3 Å². The Bertz CT molecular complexity index is 840. The van der Waals surface area contributed by atoms with E-state index >= 15 is 0 Å². The lowest BCUT2D eigenvalue weighted by Gasteiger charge is -2.23. The zero-order valence-electron chi connectivity index (χ0n) is 15.3. The highest BCUT2D eigenvalue weighted by Crippen LogP contribution is 2.30. The fourth-order valence-corrected chi connectivity index (χ4v) is 3.32. The molecule has 1 aliphatic rings. The Morgan fingerprint density at radius 3 is 2.92 bits per heavy atom. The van der Waals surface area contributed by atoms with Gasteiger partial charge in [-0.25, -0.2) is 0 Å². The Hall–Kier alpha value is -2.11. The summed E-state index contributed by atoms with van der Waals surface area (Å²) in [5.41, 5.74) is 4.60. The van der Waals surface area contributed by atoms with E-state index in [2.05, 4.69) is 18.9 Å². The smallest absolute Gasteiger partial charge is 0.154 e. The summed E-state index contributed by atoms with van der Waals surface area (Å²) in [6.07, 6.45) is 3.43. The van der Waals surface area contributed by atoms with E-state index in [0.717, 1.165) is 29.5 Å². The van der Waals surface area contributed by atoms with Crippen LogP contribution in [-0.2, 0) is 4.74 Å². The number of aldehydes is 1. The van der Waals surface area contributed by atoms with Gasteiger partial charge in [-0.1, -0.05) is 11.6 Å². The molecule has 0 bridgehead atoms. The Morgan fingerprint density at radius 1 is 1.38 bits per heavy atom. The van der Waals surface area contributed by atoms with E-state index in [0.29, 0.717) is 36.2 Å². The number of benzene rings is 1. The van der Waals surface area contributed by atoms with Crippen LogP contribution in [0.1, 0.15) is 47.9 Å². The maximum Gasteiger partial charge on any atom is 0.154 e. The fraction of sp³-hybridized carbons (Fsp3) is 0.400. The number of ether oxygens (including phenoxy) is 2. The lowest BCUT2D eigenvalue weighted by Crippen LogP contribution is -2.19.